The Morgan fingerprint density at radius 1 is 0.969 bits per heavy atom. The lowest BCUT2D eigenvalue weighted by Gasteiger charge is -2.31. The van der Waals surface area contributed by atoms with Gasteiger partial charge in [-0.2, -0.15) is 0 Å². The van der Waals surface area contributed by atoms with Crippen LogP contribution in [0.25, 0.3) is 11.0 Å². The van der Waals surface area contributed by atoms with Gasteiger partial charge in [-0.1, -0.05) is 18.6 Å². The van der Waals surface area contributed by atoms with Crippen molar-refractivity contribution in [3.8, 4) is 5.75 Å². The van der Waals surface area contributed by atoms with E-state index in [1.807, 2.05) is 47.4 Å². The first-order valence-corrected chi connectivity index (χ1v) is 12.0. The van der Waals surface area contributed by atoms with Crippen molar-refractivity contribution in [2.24, 2.45) is 0 Å². The van der Waals surface area contributed by atoms with Gasteiger partial charge in [0.15, 0.2) is 0 Å². The minimum atomic E-state index is 0.105. The number of ether oxygens (including phenoxy) is 1. The van der Waals surface area contributed by atoms with Gasteiger partial charge in [0, 0.05) is 31.1 Å². The number of H-pyrrole nitrogens is 1. The quantitative estimate of drug-likeness (QED) is 0.625. The number of fused-ring (bicyclic) bond motifs is 1. The number of hydrogen-bond donors (Lipinski definition) is 1. The summed E-state index contributed by atoms with van der Waals surface area (Å²) in [6.07, 6.45) is 5.82. The van der Waals surface area contributed by atoms with Crippen LogP contribution in [-0.4, -0.2) is 65.0 Å². The third-order valence-corrected chi connectivity index (χ3v) is 6.80. The normalized spacial score (nSPS) is 18.2. The third kappa shape index (κ3) is 4.80. The van der Waals surface area contributed by atoms with Crippen LogP contribution in [0.4, 0.5) is 0 Å². The van der Waals surface area contributed by atoms with Crippen LogP contribution in [0.2, 0.25) is 0 Å². The maximum absolute atomic E-state index is 13.0. The minimum Gasteiger partial charge on any atom is -0.492 e. The molecule has 2 fully saturated rings. The number of benzene rings is 2. The molecule has 1 amide bonds. The molecule has 6 nitrogen and oxygen atoms in total. The topological polar surface area (TPSA) is 61.5 Å². The molecule has 5 rings (SSSR count). The summed E-state index contributed by atoms with van der Waals surface area (Å²) in [7, 11) is 0. The Labute approximate surface area is 189 Å². The molecule has 2 aliphatic heterocycles. The van der Waals surface area contributed by atoms with Gasteiger partial charge in [-0.3, -0.25) is 9.69 Å². The number of amides is 1. The van der Waals surface area contributed by atoms with Crippen molar-refractivity contribution >= 4 is 16.9 Å². The third-order valence-electron chi connectivity index (χ3n) is 6.80. The Morgan fingerprint density at radius 3 is 2.47 bits per heavy atom. The van der Waals surface area contributed by atoms with Crippen LogP contribution >= 0.6 is 0 Å². The average Bonchev–Trinajstić information content (AvgIpc) is 3.29. The monoisotopic (exact) mass is 432 g/mol. The number of nitrogens with one attached hydrogen (secondary N) is 1. The summed E-state index contributed by atoms with van der Waals surface area (Å²) in [5.74, 6) is 2.36. The second-order valence-corrected chi connectivity index (χ2v) is 8.98. The van der Waals surface area contributed by atoms with E-state index in [-0.39, 0.29) is 5.91 Å². The number of rotatable bonds is 6. The SMILES string of the molecule is O=C(c1ccc(OCCN2CCCCC2)cc1)N1CCC(c2nc3ccccc3[nH]2)CC1. The van der Waals surface area contributed by atoms with Gasteiger partial charge in [0.05, 0.1) is 11.0 Å². The van der Waals surface area contributed by atoms with Crippen LogP contribution in [-0.2, 0) is 0 Å². The molecule has 0 saturated carbocycles. The van der Waals surface area contributed by atoms with Crippen LogP contribution < -0.4 is 4.74 Å². The van der Waals surface area contributed by atoms with E-state index in [0.717, 1.165) is 60.6 Å². The number of imidazole rings is 1. The molecule has 0 aliphatic carbocycles. The molecule has 0 unspecified atom stereocenters. The molecule has 0 radical (unpaired) electrons. The molecule has 1 aromatic heterocycles. The van der Waals surface area contributed by atoms with E-state index in [4.69, 9.17) is 9.72 Å². The molecule has 2 aliphatic rings. The zero-order valence-corrected chi connectivity index (χ0v) is 18.6. The highest BCUT2D eigenvalue weighted by atomic mass is 16.5. The van der Waals surface area contributed by atoms with Gasteiger partial charge in [-0.15, -0.1) is 0 Å². The zero-order valence-electron chi connectivity index (χ0n) is 18.6. The number of aromatic nitrogens is 2. The lowest BCUT2D eigenvalue weighted by molar-refractivity contribution is 0.0711. The molecule has 2 aromatic carbocycles. The second kappa shape index (κ2) is 9.74. The molecule has 1 N–H and O–H groups in total. The summed E-state index contributed by atoms with van der Waals surface area (Å²) < 4.78 is 5.90. The van der Waals surface area contributed by atoms with Crippen molar-refractivity contribution in [1.29, 1.82) is 0 Å². The van der Waals surface area contributed by atoms with E-state index in [1.54, 1.807) is 0 Å². The number of carbonyl (C=O) groups excluding carboxylic acids is 1. The van der Waals surface area contributed by atoms with Gasteiger partial charge in [0.25, 0.3) is 5.91 Å². The van der Waals surface area contributed by atoms with Crippen molar-refractivity contribution in [2.75, 3.05) is 39.3 Å². The number of carbonyl (C=O) groups is 1. The van der Waals surface area contributed by atoms with Crippen molar-refractivity contribution in [1.82, 2.24) is 19.8 Å². The van der Waals surface area contributed by atoms with Gasteiger partial charge >= 0.3 is 0 Å². The fraction of sp³-hybridized carbons (Fsp3) is 0.462. The standard InChI is InChI=1S/C26H32N4O2/c31-26(21-8-10-22(11-9-21)32-19-18-29-14-4-1-5-15-29)30-16-12-20(13-17-30)25-27-23-6-2-3-7-24(23)28-25/h2-3,6-11,20H,1,4-5,12-19H2,(H,27,28). The fourth-order valence-electron chi connectivity index (χ4n) is 4.87. The van der Waals surface area contributed by atoms with E-state index in [0.29, 0.717) is 12.5 Å². The molecule has 0 atom stereocenters. The number of aromatic amines is 1. The number of likely N-dealkylation sites (tertiary alicyclic amines) is 2. The molecule has 32 heavy (non-hydrogen) atoms. The summed E-state index contributed by atoms with van der Waals surface area (Å²) in [6.45, 7) is 5.56. The summed E-state index contributed by atoms with van der Waals surface area (Å²) in [4.78, 5) is 25.6. The minimum absolute atomic E-state index is 0.105. The molecule has 168 valence electrons. The maximum atomic E-state index is 13.0. The molecular weight excluding hydrogens is 400 g/mol. The summed E-state index contributed by atoms with van der Waals surface area (Å²) in [5.41, 5.74) is 2.83. The van der Waals surface area contributed by atoms with E-state index < -0.39 is 0 Å². The molecule has 0 spiro atoms. The van der Waals surface area contributed by atoms with Gasteiger partial charge in [0.2, 0.25) is 0 Å². The van der Waals surface area contributed by atoms with Crippen LogP contribution in [0.1, 0.15) is 54.2 Å². The van der Waals surface area contributed by atoms with E-state index in [1.165, 1.54) is 32.4 Å². The molecule has 3 heterocycles. The average molecular weight is 433 g/mol. The summed E-state index contributed by atoms with van der Waals surface area (Å²) >= 11 is 0. The maximum Gasteiger partial charge on any atom is 0.253 e. The Bertz CT molecular complexity index is 998. The Hall–Kier alpha value is -2.86. The fourth-order valence-corrected chi connectivity index (χ4v) is 4.87. The summed E-state index contributed by atoms with van der Waals surface area (Å²) in [6, 6.07) is 15.8. The van der Waals surface area contributed by atoms with Crippen molar-refractivity contribution < 1.29 is 9.53 Å². The Morgan fingerprint density at radius 2 is 1.72 bits per heavy atom. The highest BCUT2D eigenvalue weighted by molar-refractivity contribution is 5.94. The van der Waals surface area contributed by atoms with Crippen LogP contribution in [0, 0.1) is 0 Å². The number of piperidine rings is 2. The number of para-hydroxylation sites is 2. The van der Waals surface area contributed by atoms with Crippen molar-refractivity contribution in [2.45, 2.75) is 38.0 Å². The Balaban J connectivity index is 1.11. The van der Waals surface area contributed by atoms with Gasteiger partial charge < -0.3 is 14.6 Å². The van der Waals surface area contributed by atoms with Crippen molar-refractivity contribution in [3.05, 3.63) is 59.9 Å². The predicted octanol–water partition coefficient (Wildman–Crippen LogP) is 4.45. The lowest BCUT2D eigenvalue weighted by atomic mass is 9.95. The first-order chi connectivity index (χ1) is 15.8. The van der Waals surface area contributed by atoms with Gasteiger partial charge in [-0.05, 0) is 75.2 Å². The van der Waals surface area contributed by atoms with E-state index in [9.17, 15) is 4.79 Å². The second-order valence-electron chi connectivity index (χ2n) is 8.98. The lowest BCUT2D eigenvalue weighted by Crippen LogP contribution is -2.38. The van der Waals surface area contributed by atoms with Crippen LogP contribution in [0.3, 0.4) is 0 Å². The molecule has 3 aromatic rings. The number of hydrogen-bond acceptors (Lipinski definition) is 4. The molecular formula is C26H32N4O2. The summed E-state index contributed by atoms with van der Waals surface area (Å²) in [5, 5.41) is 0. The number of nitrogens with zero attached hydrogens (tertiary/aromatic N) is 3. The first-order valence-electron chi connectivity index (χ1n) is 12.0. The Kier molecular flexibility index (Phi) is 6.39. The van der Waals surface area contributed by atoms with Gasteiger partial charge in [-0.25, -0.2) is 4.98 Å². The zero-order chi connectivity index (χ0) is 21.8. The predicted molar refractivity (Wildman–Crippen MR) is 126 cm³/mol. The molecule has 6 heteroatoms. The van der Waals surface area contributed by atoms with Crippen LogP contribution in [0.5, 0.6) is 5.75 Å². The highest BCUT2D eigenvalue weighted by Gasteiger charge is 2.26. The van der Waals surface area contributed by atoms with E-state index >= 15 is 0 Å². The largest absolute Gasteiger partial charge is 0.492 e. The molecule has 2 saturated heterocycles. The smallest absolute Gasteiger partial charge is 0.253 e. The van der Waals surface area contributed by atoms with Gasteiger partial charge in [0.1, 0.15) is 18.2 Å². The molecule has 0 bridgehead atoms. The first kappa shape index (κ1) is 21.0. The van der Waals surface area contributed by atoms with Crippen LogP contribution in [0.15, 0.2) is 48.5 Å². The highest BCUT2D eigenvalue weighted by Crippen LogP contribution is 2.28. The van der Waals surface area contributed by atoms with E-state index in [2.05, 4.69) is 16.0 Å². The van der Waals surface area contributed by atoms with Crippen molar-refractivity contribution in [3.63, 3.8) is 0 Å².